The summed E-state index contributed by atoms with van der Waals surface area (Å²) in [6.07, 6.45) is 1.96. The van der Waals surface area contributed by atoms with E-state index in [1.165, 1.54) is 10.8 Å². The summed E-state index contributed by atoms with van der Waals surface area (Å²) in [6, 6.07) is 13.0. The lowest BCUT2D eigenvalue weighted by Crippen LogP contribution is -2.35. The molecule has 1 N–H and O–H groups in total. The van der Waals surface area contributed by atoms with Gasteiger partial charge in [0.25, 0.3) is 0 Å². The van der Waals surface area contributed by atoms with Crippen molar-refractivity contribution in [3.8, 4) is 6.07 Å². The summed E-state index contributed by atoms with van der Waals surface area (Å²) in [4.78, 5) is 0.233. The van der Waals surface area contributed by atoms with E-state index in [1.807, 2.05) is 30.3 Å². The van der Waals surface area contributed by atoms with Crippen molar-refractivity contribution in [3.05, 3.63) is 42.0 Å². The molecule has 0 aliphatic heterocycles. The molecule has 0 spiro atoms. The van der Waals surface area contributed by atoms with Gasteiger partial charge in [-0.1, -0.05) is 41.1 Å². The second kappa shape index (κ2) is 6.36. The van der Waals surface area contributed by atoms with Gasteiger partial charge in [-0.2, -0.15) is 9.98 Å². The highest BCUT2D eigenvalue weighted by Crippen LogP contribution is 2.37. The first kappa shape index (κ1) is 16.7. The number of thiol groups is 1. The number of sulfonamides is 1. The third-order valence-electron chi connectivity index (χ3n) is 4.02. The molecule has 3 rings (SSSR count). The molecular formula is C16H16N2O2S3. The minimum atomic E-state index is -3.72. The van der Waals surface area contributed by atoms with Gasteiger partial charge in [0.05, 0.1) is 11.0 Å². The van der Waals surface area contributed by atoms with Crippen molar-refractivity contribution in [1.29, 1.82) is 5.26 Å². The lowest BCUT2D eigenvalue weighted by molar-refractivity contribution is 0.572. The number of aryl methyl sites for hydroxylation is 1. The minimum absolute atomic E-state index is 0.233. The summed E-state index contributed by atoms with van der Waals surface area (Å²) < 4.78 is 28.0. The van der Waals surface area contributed by atoms with Crippen molar-refractivity contribution >= 4 is 43.3 Å². The number of nitriles is 1. The lowest BCUT2D eigenvalue weighted by Gasteiger charge is -2.14. The van der Waals surface area contributed by atoms with Gasteiger partial charge in [-0.05, 0) is 36.3 Å². The highest BCUT2D eigenvalue weighted by atomic mass is 33.1. The van der Waals surface area contributed by atoms with Gasteiger partial charge in [-0.15, -0.1) is 11.7 Å². The van der Waals surface area contributed by atoms with Gasteiger partial charge in [-0.25, -0.2) is 8.42 Å². The van der Waals surface area contributed by atoms with E-state index in [-0.39, 0.29) is 4.90 Å². The maximum absolute atomic E-state index is 12.7. The second-order valence-electron chi connectivity index (χ2n) is 5.65. The van der Waals surface area contributed by atoms with Crippen molar-refractivity contribution in [2.24, 2.45) is 0 Å². The Morgan fingerprint density at radius 1 is 1.22 bits per heavy atom. The van der Waals surface area contributed by atoms with E-state index in [9.17, 15) is 8.42 Å². The average Bonchev–Trinajstić information content (AvgIpc) is 3.31. The smallest absolute Gasteiger partial charge is 0.207 e. The first-order chi connectivity index (χ1) is 11.0. The fraction of sp³-hybridized carbons (Fsp3) is 0.312. The number of fused-ring (bicyclic) bond motifs is 1. The average molecular weight is 365 g/mol. The maximum atomic E-state index is 12.7. The van der Waals surface area contributed by atoms with E-state index in [2.05, 4.69) is 22.5 Å². The van der Waals surface area contributed by atoms with Crippen LogP contribution < -0.4 is 4.72 Å². The van der Waals surface area contributed by atoms with Gasteiger partial charge >= 0.3 is 0 Å². The van der Waals surface area contributed by atoms with Gasteiger partial charge in [0.15, 0.2) is 0 Å². The zero-order valence-corrected chi connectivity index (χ0v) is 14.8. The van der Waals surface area contributed by atoms with Crippen molar-refractivity contribution in [1.82, 2.24) is 4.72 Å². The number of rotatable bonds is 6. The Hall–Kier alpha value is -1.20. The van der Waals surface area contributed by atoms with Gasteiger partial charge in [-0.3, -0.25) is 0 Å². The number of hydrogen-bond donors (Lipinski definition) is 2. The fourth-order valence-electron chi connectivity index (χ4n) is 2.62. The Bertz CT molecular complexity index is 884. The van der Waals surface area contributed by atoms with Crippen LogP contribution in [0.2, 0.25) is 0 Å². The molecule has 0 aromatic heterocycles. The summed E-state index contributed by atoms with van der Waals surface area (Å²) in [6.45, 7) is 0. The third-order valence-corrected chi connectivity index (χ3v) is 6.55. The van der Waals surface area contributed by atoms with Crippen molar-refractivity contribution in [2.75, 3.05) is 5.75 Å². The Labute approximate surface area is 145 Å². The zero-order valence-electron chi connectivity index (χ0n) is 12.3. The first-order valence-electron chi connectivity index (χ1n) is 7.24. The van der Waals surface area contributed by atoms with Crippen LogP contribution in [0.3, 0.4) is 0 Å². The zero-order chi connectivity index (χ0) is 16.5. The molecule has 23 heavy (non-hydrogen) atoms. The SMILES string of the molecule is N#CC1(NS(=O)(=O)c2ccc(CCSS)c3ccccc23)CC1. The Morgan fingerprint density at radius 3 is 2.52 bits per heavy atom. The molecule has 2 aromatic carbocycles. The van der Waals surface area contributed by atoms with E-state index in [1.54, 1.807) is 6.07 Å². The van der Waals surface area contributed by atoms with Crippen LogP contribution in [0.1, 0.15) is 18.4 Å². The lowest BCUT2D eigenvalue weighted by atomic mass is 10.0. The molecule has 1 aliphatic carbocycles. The van der Waals surface area contributed by atoms with Crippen LogP contribution >= 0.6 is 22.5 Å². The predicted octanol–water partition coefficient (Wildman–Crippen LogP) is 3.29. The fourth-order valence-corrected chi connectivity index (χ4v) is 4.79. The molecule has 0 amide bonds. The molecule has 2 aromatic rings. The highest BCUT2D eigenvalue weighted by Gasteiger charge is 2.47. The van der Waals surface area contributed by atoms with E-state index >= 15 is 0 Å². The number of nitrogens with zero attached hydrogens (tertiary/aromatic N) is 1. The van der Waals surface area contributed by atoms with Crippen LogP contribution in [-0.2, 0) is 16.4 Å². The van der Waals surface area contributed by atoms with Crippen molar-refractivity contribution in [2.45, 2.75) is 29.7 Å². The minimum Gasteiger partial charge on any atom is -0.207 e. The molecule has 0 heterocycles. The molecule has 0 unspecified atom stereocenters. The molecule has 0 atom stereocenters. The molecular weight excluding hydrogens is 348 g/mol. The van der Waals surface area contributed by atoms with Gasteiger partial charge in [0.1, 0.15) is 5.54 Å². The molecule has 0 radical (unpaired) electrons. The van der Waals surface area contributed by atoms with Gasteiger partial charge in [0, 0.05) is 11.1 Å². The summed E-state index contributed by atoms with van der Waals surface area (Å²) in [5.41, 5.74) is 0.184. The topological polar surface area (TPSA) is 70.0 Å². The quantitative estimate of drug-likeness (QED) is 0.609. The molecule has 1 aliphatic rings. The van der Waals surface area contributed by atoms with E-state index in [0.29, 0.717) is 18.2 Å². The monoisotopic (exact) mass is 364 g/mol. The summed E-state index contributed by atoms with van der Waals surface area (Å²) in [5.74, 6) is 0.856. The second-order valence-corrected chi connectivity index (χ2v) is 8.74. The molecule has 1 fully saturated rings. The van der Waals surface area contributed by atoms with E-state index in [4.69, 9.17) is 5.26 Å². The van der Waals surface area contributed by atoms with Crippen molar-refractivity contribution < 1.29 is 8.42 Å². The van der Waals surface area contributed by atoms with Crippen LogP contribution in [-0.4, -0.2) is 19.7 Å². The molecule has 120 valence electrons. The third kappa shape index (κ3) is 3.36. The first-order valence-corrected chi connectivity index (χ1v) is 10.8. The van der Waals surface area contributed by atoms with Crippen LogP contribution in [0.5, 0.6) is 0 Å². The van der Waals surface area contributed by atoms with Gasteiger partial charge in [0.2, 0.25) is 10.0 Å². The van der Waals surface area contributed by atoms with E-state index < -0.39 is 15.6 Å². The Balaban J connectivity index is 2.07. The number of hydrogen-bond acceptors (Lipinski definition) is 5. The molecule has 1 saturated carbocycles. The van der Waals surface area contributed by atoms with E-state index in [0.717, 1.165) is 23.1 Å². The van der Waals surface area contributed by atoms with Crippen molar-refractivity contribution in [3.63, 3.8) is 0 Å². The maximum Gasteiger partial charge on any atom is 0.242 e. The molecule has 0 bridgehead atoms. The Morgan fingerprint density at radius 2 is 1.91 bits per heavy atom. The number of benzene rings is 2. The number of nitrogens with one attached hydrogen (secondary N) is 1. The van der Waals surface area contributed by atoms with Crippen LogP contribution in [0, 0.1) is 11.3 Å². The molecule has 7 heteroatoms. The Kier molecular flexibility index (Phi) is 4.61. The molecule has 4 nitrogen and oxygen atoms in total. The summed E-state index contributed by atoms with van der Waals surface area (Å²) in [5, 5.41) is 10.8. The van der Waals surface area contributed by atoms with Gasteiger partial charge < -0.3 is 0 Å². The highest BCUT2D eigenvalue weighted by molar-refractivity contribution is 8.68. The predicted molar refractivity (Wildman–Crippen MR) is 97.0 cm³/mol. The van der Waals surface area contributed by atoms with Crippen LogP contribution in [0.15, 0.2) is 41.3 Å². The largest absolute Gasteiger partial charge is 0.242 e. The normalized spacial score (nSPS) is 16.2. The summed E-state index contributed by atoms with van der Waals surface area (Å²) in [7, 11) is -2.26. The van der Waals surface area contributed by atoms with Crippen LogP contribution in [0.25, 0.3) is 10.8 Å². The molecule has 0 saturated heterocycles. The summed E-state index contributed by atoms with van der Waals surface area (Å²) >= 11 is 4.16. The standard InChI is InChI=1S/C16H16N2O2S3/c17-11-16(8-9-16)18-23(19,20)15-6-5-12(7-10-22-21)13-3-1-2-4-14(13)15/h1-6,18,21H,7-10H2. The van der Waals surface area contributed by atoms with Crippen LogP contribution in [0.4, 0.5) is 0 Å².